The second kappa shape index (κ2) is 5.99. The number of amides is 2. The second-order valence-electron chi connectivity index (χ2n) is 7.34. The van der Waals surface area contributed by atoms with Crippen molar-refractivity contribution in [3.05, 3.63) is 29.3 Å². The average molecular weight is 312 g/mol. The molecule has 0 spiro atoms. The van der Waals surface area contributed by atoms with Crippen LogP contribution in [-0.4, -0.2) is 17.9 Å². The van der Waals surface area contributed by atoms with Crippen LogP contribution >= 0.6 is 0 Å². The van der Waals surface area contributed by atoms with Gasteiger partial charge in [0.05, 0.1) is 6.42 Å². The Balaban J connectivity index is 1.24. The summed E-state index contributed by atoms with van der Waals surface area (Å²) in [5.74, 6) is 1.80. The van der Waals surface area contributed by atoms with E-state index in [1.807, 2.05) is 6.07 Å². The van der Waals surface area contributed by atoms with Crippen molar-refractivity contribution in [3.63, 3.8) is 0 Å². The van der Waals surface area contributed by atoms with Gasteiger partial charge in [-0.05, 0) is 67.6 Å². The standard InChI is InChI=1S/C19H24N2O2/c22-17(21-19(13-5-6-13)14-7-8-14)3-1-2-12-4-9-16-15(10-12)11-18(23)20-16/h4,9-10,13-14,19H,1-3,5-8,11H2,(H,20,23)(H,21,22). The fourth-order valence-corrected chi connectivity index (χ4v) is 3.68. The van der Waals surface area contributed by atoms with Gasteiger partial charge in [-0.3, -0.25) is 9.59 Å². The smallest absolute Gasteiger partial charge is 0.228 e. The topological polar surface area (TPSA) is 58.2 Å². The van der Waals surface area contributed by atoms with Crippen LogP contribution in [0.3, 0.4) is 0 Å². The molecule has 4 rings (SSSR count). The van der Waals surface area contributed by atoms with Gasteiger partial charge in [-0.15, -0.1) is 0 Å². The SMILES string of the molecule is O=C1Cc2cc(CCCC(=O)NC(C3CC3)C3CC3)ccc2N1. The molecule has 1 aromatic rings. The molecule has 2 aliphatic carbocycles. The van der Waals surface area contributed by atoms with E-state index >= 15 is 0 Å². The Labute approximate surface area is 137 Å². The van der Waals surface area contributed by atoms with Crippen LogP contribution < -0.4 is 10.6 Å². The number of carbonyl (C=O) groups is 2. The lowest BCUT2D eigenvalue weighted by Crippen LogP contribution is -2.37. The molecule has 122 valence electrons. The van der Waals surface area contributed by atoms with E-state index < -0.39 is 0 Å². The number of fused-ring (bicyclic) bond motifs is 1. The van der Waals surface area contributed by atoms with Gasteiger partial charge in [-0.1, -0.05) is 12.1 Å². The van der Waals surface area contributed by atoms with E-state index in [2.05, 4.69) is 22.8 Å². The summed E-state index contributed by atoms with van der Waals surface area (Å²) in [4.78, 5) is 23.5. The van der Waals surface area contributed by atoms with Gasteiger partial charge < -0.3 is 10.6 Å². The minimum Gasteiger partial charge on any atom is -0.353 e. The molecule has 2 N–H and O–H groups in total. The first-order chi connectivity index (χ1) is 11.2. The maximum Gasteiger partial charge on any atom is 0.228 e. The molecule has 0 bridgehead atoms. The molecule has 2 fully saturated rings. The molecule has 2 saturated carbocycles. The van der Waals surface area contributed by atoms with E-state index in [1.165, 1.54) is 31.2 Å². The van der Waals surface area contributed by atoms with Crippen LogP contribution in [0.15, 0.2) is 18.2 Å². The number of nitrogens with one attached hydrogen (secondary N) is 2. The highest BCUT2D eigenvalue weighted by molar-refractivity contribution is 5.99. The average Bonchev–Trinajstić information content (AvgIpc) is 3.42. The number of rotatable bonds is 7. The fourth-order valence-electron chi connectivity index (χ4n) is 3.68. The normalized spacial score (nSPS) is 19.6. The molecule has 3 aliphatic rings. The molecule has 0 radical (unpaired) electrons. The first kappa shape index (κ1) is 14.7. The quantitative estimate of drug-likeness (QED) is 0.813. The summed E-state index contributed by atoms with van der Waals surface area (Å²) in [6.07, 6.45) is 8.03. The van der Waals surface area contributed by atoms with Gasteiger partial charge in [0, 0.05) is 18.2 Å². The largest absolute Gasteiger partial charge is 0.353 e. The van der Waals surface area contributed by atoms with E-state index in [9.17, 15) is 9.59 Å². The molecule has 4 heteroatoms. The minimum atomic E-state index is 0.0720. The van der Waals surface area contributed by atoms with Crippen molar-refractivity contribution in [3.8, 4) is 0 Å². The van der Waals surface area contributed by atoms with Gasteiger partial charge in [-0.25, -0.2) is 0 Å². The van der Waals surface area contributed by atoms with Crippen LogP contribution in [0, 0.1) is 11.8 Å². The number of carbonyl (C=O) groups excluding carboxylic acids is 2. The highest BCUT2D eigenvalue weighted by Crippen LogP contribution is 2.44. The minimum absolute atomic E-state index is 0.0720. The lowest BCUT2D eigenvalue weighted by molar-refractivity contribution is -0.122. The zero-order chi connectivity index (χ0) is 15.8. The Morgan fingerprint density at radius 2 is 1.96 bits per heavy atom. The molecule has 1 heterocycles. The Kier molecular flexibility index (Phi) is 3.83. The van der Waals surface area contributed by atoms with E-state index in [1.54, 1.807) is 0 Å². The number of hydrogen-bond acceptors (Lipinski definition) is 2. The monoisotopic (exact) mass is 312 g/mol. The van der Waals surface area contributed by atoms with Crippen molar-refractivity contribution in [2.45, 2.75) is 57.4 Å². The van der Waals surface area contributed by atoms with Crippen molar-refractivity contribution < 1.29 is 9.59 Å². The number of hydrogen-bond donors (Lipinski definition) is 2. The van der Waals surface area contributed by atoms with Crippen molar-refractivity contribution >= 4 is 17.5 Å². The maximum absolute atomic E-state index is 12.2. The maximum atomic E-state index is 12.2. The molecular formula is C19H24N2O2. The summed E-state index contributed by atoms with van der Waals surface area (Å²) in [6, 6.07) is 6.59. The van der Waals surface area contributed by atoms with Crippen LogP contribution in [0.4, 0.5) is 5.69 Å². The summed E-state index contributed by atoms with van der Waals surface area (Å²) >= 11 is 0. The van der Waals surface area contributed by atoms with Crippen LogP contribution in [0.1, 0.15) is 49.7 Å². The zero-order valence-corrected chi connectivity index (χ0v) is 13.4. The molecule has 0 aromatic heterocycles. The van der Waals surface area contributed by atoms with Crippen molar-refractivity contribution in [1.29, 1.82) is 0 Å². The first-order valence-electron chi connectivity index (χ1n) is 8.90. The fraction of sp³-hybridized carbons (Fsp3) is 0.579. The predicted molar refractivity (Wildman–Crippen MR) is 89.1 cm³/mol. The van der Waals surface area contributed by atoms with Gasteiger partial charge in [0.25, 0.3) is 0 Å². The number of aryl methyl sites for hydroxylation is 1. The zero-order valence-electron chi connectivity index (χ0n) is 13.4. The summed E-state index contributed by atoms with van der Waals surface area (Å²) in [7, 11) is 0. The molecule has 0 atom stereocenters. The van der Waals surface area contributed by atoms with Gasteiger partial charge in [0.15, 0.2) is 0 Å². The summed E-state index contributed by atoms with van der Waals surface area (Å²) < 4.78 is 0. The third-order valence-electron chi connectivity index (χ3n) is 5.25. The van der Waals surface area contributed by atoms with Gasteiger partial charge in [-0.2, -0.15) is 0 Å². The Hall–Kier alpha value is -1.84. The molecule has 0 unspecified atom stereocenters. The Morgan fingerprint density at radius 3 is 2.65 bits per heavy atom. The van der Waals surface area contributed by atoms with Gasteiger partial charge >= 0.3 is 0 Å². The second-order valence-corrected chi connectivity index (χ2v) is 7.34. The van der Waals surface area contributed by atoms with Crippen molar-refractivity contribution in [2.75, 3.05) is 5.32 Å². The molecular weight excluding hydrogens is 288 g/mol. The molecule has 0 saturated heterocycles. The highest BCUT2D eigenvalue weighted by atomic mass is 16.2. The third kappa shape index (κ3) is 3.57. The van der Waals surface area contributed by atoms with Crippen LogP contribution in [0.25, 0.3) is 0 Å². The van der Waals surface area contributed by atoms with E-state index in [4.69, 9.17) is 0 Å². The van der Waals surface area contributed by atoms with Gasteiger partial charge in [0.1, 0.15) is 0 Å². The van der Waals surface area contributed by atoms with E-state index in [-0.39, 0.29) is 11.8 Å². The van der Waals surface area contributed by atoms with Crippen LogP contribution in [-0.2, 0) is 22.4 Å². The third-order valence-corrected chi connectivity index (χ3v) is 5.25. The molecule has 4 nitrogen and oxygen atoms in total. The van der Waals surface area contributed by atoms with Crippen LogP contribution in [0.5, 0.6) is 0 Å². The summed E-state index contributed by atoms with van der Waals surface area (Å²) in [5.41, 5.74) is 3.24. The lowest BCUT2D eigenvalue weighted by Gasteiger charge is -2.17. The number of anilines is 1. The lowest BCUT2D eigenvalue weighted by atomic mass is 10.0. The summed E-state index contributed by atoms with van der Waals surface area (Å²) in [5, 5.41) is 6.13. The predicted octanol–water partition coefficient (Wildman–Crippen LogP) is 2.81. The van der Waals surface area contributed by atoms with Crippen molar-refractivity contribution in [2.24, 2.45) is 11.8 Å². The van der Waals surface area contributed by atoms with Crippen LogP contribution in [0.2, 0.25) is 0 Å². The Morgan fingerprint density at radius 1 is 1.22 bits per heavy atom. The molecule has 2 amide bonds. The van der Waals surface area contributed by atoms with Crippen molar-refractivity contribution in [1.82, 2.24) is 5.32 Å². The van der Waals surface area contributed by atoms with E-state index in [0.717, 1.165) is 35.9 Å². The summed E-state index contributed by atoms with van der Waals surface area (Å²) in [6.45, 7) is 0. The van der Waals surface area contributed by atoms with E-state index in [0.29, 0.717) is 18.9 Å². The molecule has 1 aliphatic heterocycles. The Bertz CT molecular complexity index is 620. The highest BCUT2D eigenvalue weighted by Gasteiger charge is 2.42. The number of benzene rings is 1. The van der Waals surface area contributed by atoms with Gasteiger partial charge in [0.2, 0.25) is 11.8 Å². The molecule has 23 heavy (non-hydrogen) atoms. The first-order valence-corrected chi connectivity index (χ1v) is 8.90. The molecule has 1 aromatic carbocycles.